The summed E-state index contributed by atoms with van der Waals surface area (Å²) in [6, 6.07) is 11.4. The fourth-order valence-corrected chi connectivity index (χ4v) is 2.98. The summed E-state index contributed by atoms with van der Waals surface area (Å²) in [5.74, 6) is 2.15. The lowest BCUT2D eigenvalue weighted by Gasteiger charge is -2.01. The van der Waals surface area contributed by atoms with E-state index < -0.39 is 0 Å². The molecule has 0 saturated heterocycles. The Morgan fingerprint density at radius 1 is 0.920 bits per heavy atom. The number of thioether (sulfide) groups is 1. The molecule has 7 nitrogen and oxygen atoms in total. The highest BCUT2D eigenvalue weighted by atomic mass is 32.2. The lowest BCUT2D eigenvalue weighted by Crippen LogP contribution is -1.88. The summed E-state index contributed by atoms with van der Waals surface area (Å²) in [5.41, 5.74) is 1.67. The average molecular weight is 354 g/mol. The Morgan fingerprint density at radius 3 is 2.48 bits per heavy atom. The molecule has 4 rings (SSSR count). The van der Waals surface area contributed by atoms with Crippen molar-refractivity contribution in [1.82, 2.24) is 20.4 Å². The molecular formula is C17H14N4O3S. The Bertz CT molecular complexity index is 977. The largest absolute Gasteiger partial charge is 0.469 e. The van der Waals surface area contributed by atoms with Crippen LogP contribution in [0, 0.1) is 6.92 Å². The number of aromatic nitrogens is 4. The normalized spacial score (nSPS) is 12.4. The van der Waals surface area contributed by atoms with Crippen LogP contribution in [-0.4, -0.2) is 20.4 Å². The van der Waals surface area contributed by atoms with Crippen molar-refractivity contribution < 1.29 is 13.3 Å². The van der Waals surface area contributed by atoms with Crippen molar-refractivity contribution in [2.45, 2.75) is 24.3 Å². The third-order valence-corrected chi connectivity index (χ3v) is 4.50. The molecule has 0 aliphatic heterocycles. The van der Waals surface area contributed by atoms with Gasteiger partial charge in [0.2, 0.25) is 11.8 Å². The molecule has 0 fully saturated rings. The van der Waals surface area contributed by atoms with Gasteiger partial charge in [0.15, 0.2) is 0 Å². The van der Waals surface area contributed by atoms with Crippen molar-refractivity contribution in [1.29, 1.82) is 0 Å². The second-order valence-corrected chi connectivity index (χ2v) is 6.63. The molecule has 25 heavy (non-hydrogen) atoms. The van der Waals surface area contributed by atoms with Crippen LogP contribution in [0.5, 0.6) is 0 Å². The summed E-state index contributed by atoms with van der Waals surface area (Å²) in [5, 5.41) is 16.6. The number of rotatable bonds is 5. The van der Waals surface area contributed by atoms with E-state index in [1.165, 1.54) is 11.8 Å². The molecule has 1 atom stereocenters. The topological polar surface area (TPSA) is 91.0 Å². The maximum absolute atomic E-state index is 5.75. The summed E-state index contributed by atoms with van der Waals surface area (Å²) in [6.45, 7) is 3.79. The SMILES string of the molecule is Cc1occc1-c1nnc(S[C@H](C)c2nnc(-c3ccccc3)o2)o1. The van der Waals surface area contributed by atoms with Gasteiger partial charge in [0.1, 0.15) is 5.76 Å². The van der Waals surface area contributed by atoms with Crippen LogP contribution >= 0.6 is 11.8 Å². The molecule has 0 N–H and O–H groups in total. The zero-order valence-electron chi connectivity index (χ0n) is 13.5. The Hall–Kier alpha value is -2.87. The average Bonchev–Trinajstić information content (AvgIpc) is 3.36. The van der Waals surface area contributed by atoms with Gasteiger partial charge >= 0.3 is 0 Å². The van der Waals surface area contributed by atoms with Crippen LogP contribution in [0.2, 0.25) is 0 Å². The molecule has 0 spiro atoms. The Balaban J connectivity index is 1.49. The molecule has 8 heteroatoms. The lowest BCUT2D eigenvalue weighted by molar-refractivity contribution is 0.459. The second kappa shape index (κ2) is 6.56. The van der Waals surface area contributed by atoms with E-state index in [0.717, 1.165) is 16.9 Å². The van der Waals surface area contributed by atoms with E-state index in [9.17, 15) is 0 Å². The van der Waals surface area contributed by atoms with Crippen molar-refractivity contribution in [2.75, 3.05) is 0 Å². The number of furan rings is 1. The van der Waals surface area contributed by atoms with Gasteiger partial charge in [-0.1, -0.05) is 30.0 Å². The number of aryl methyl sites for hydroxylation is 1. The lowest BCUT2D eigenvalue weighted by atomic mass is 10.2. The van der Waals surface area contributed by atoms with Crippen molar-refractivity contribution in [3.63, 3.8) is 0 Å². The molecule has 0 radical (unpaired) electrons. The van der Waals surface area contributed by atoms with Gasteiger partial charge in [-0.15, -0.1) is 20.4 Å². The summed E-state index contributed by atoms with van der Waals surface area (Å²) < 4.78 is 16.7. The van der Waals surface area contributed by atoms with E-state index in [4.69, 9.17) is 13.3 Å². The summed E-state index contributed by atoms with van der Waals surface area (Å²) in [6.07, 6.45) is 1.59. The van der Waals surface area contributed by atoms with Gasteiger partial charge in [-0.05, 0) is 32.0 Å². The maximum atomic E-state index is 5.75. The quantitative estimate of drug-likeness (QED) is 0.482. The molecule has 0 bridgehead atoms. The van der Waals surface area contributed by atoms with Crippen LogP contribution in [0.1, 0.15) is 23.8 Å². The van der Waals surface area contributed by atoms with Gasteiger partial charge < -0.3 is 13.3 Å². The van der Waals surface area contributed by atoms with Crippen molar-refractivity contribution in [3.8, 4) is 22.9 Å². The van der Waals surface area contributed by atoms with Crippen LogP contribution in [0.25, 0.3) is 22.9 Å². The number of hydrogen-bond acceptors (Lipinski definition) is 8. The Morgan fingerprint density at radius 2 is 1.72 bits per heavy atom. The third kappa shape index (κ3) is 3.20. The summed E-state index contributed by atoms with van der Waals surface area (Å²) in [4.78, 5) is 0. The van der Waals surface area contributed by atoms with Gasteiger partial charge in [-0.2, -0.15) is 0 Å². The van der Waals surface area contributed by atoms with Crippen molar-refractivity contribution in [2.24, 2.45) is 0 Å². The summed E-state index contributed by atoms with van der Waals surface area (Å²) >= 11 is 1.36. The van der Waals surface area contributed by atoms with Crippen LogP contribution in [0.4, 0.5) is 0 Å². The first-order valence-corrected chi connectivity index (χ1v) is 8.52. The Labute approximate surface area is 147 Å². The first-order valence-electron chi connectivity index (χ1n) is 7.64. The summed E-state index contributed by atoms with van der Waals surface area (Å²) in [7, 11) is 0. The van der Waals surface area contributed by atoms with Gasteiger partial charge in [-0.3, -0.25) is 0 Å². The highest BCUT2D eigenvalue weighted by Crippen LogP contribution is 2.35. The molecule has 0 saturated carbocycles. The molecule has 1 aromatic carbocycles. The van der Waals surface area contributed by atoms with E-state index in [1.807, 2.05) is 44.2 Å². The monoisotopic (exact) mass is 354 g/mol. The van der Waals surface area contributed by atoms with Crippen LogP contribution in [-0.2, 0) is 0 Å². The minimum absolute atomic E-state index is 0.122. The van der Waals surface area contributed by atoms with Crippen LogP contribution in [0.3, 0.4) is 0 Å². The molecule has 3 aromatic heterocycles. The second-order valence-electron chi connectivity index (χ2n) is 5.34. The van der Waals surface area contributed by atoms with E-state index in [1.54, 1.807) is 12.3 Å². The highest BCUT2D eigenvalue weighted by Gasteiger charge is 2.20. The van der Waals surface area contributed by atoms with Gasteiger partial charge in [0, 0.05) is 5.56 Å². The van der Waals surface area contributed by atoms with Crippen molar-refractivity contribution >= 4 is 11.8 Å². The zero-order chi connectivity index (χ0) is 17.2. The first kappa shape index (κ1) is 15.6. The van der Waals surface area contributed by atoms with E-state index in [-0.39, 0.29) is 5.25 Å². The number of hydrogen-bond donors (Lipinski definition) is 0. The predicted octanol–water partition coefficient (Wildman–Crippen LogP) is 4.54. The van der Waals surface area contributed by atoms with Crippen molar-refractivity contribution in [3.05, 3.63) is 54.3 Å². The minimum Gasteiger partial charge on any atom is -0.469 e. The van der Waals surface area contributed by atoms with Gasteiger partial charge in [-0.25, -0.2) is 0 Å². The molecule has 0 amide bonds. The molecule has 0 unspecified atom stereocenters. The number of benzene rings is 1. The zero-order valence-corrected chi connectivity index (χ0v) is 14.4. The van der Waals surface area contributed by atoms with Crippen LogP contribution in [0.15, 0.2) is 61.1 Å². The number of nitrogens with zero attached hydrogens (tertiary/aromatic N) is 4. The molecule has 0 aliphatic rings. The third-order valence-electron chi connectivity index (χ3n) is 3.58. The van der Waals surface area contributed by atoms with Gasteiger partial charge in [0.25, 0.3) is 11.1 Å². The molecule has 0 aliphatic carbocycles. The minimum atomic E-state index is -0.122. The molecule has 4 aromatic rings. The van der Waals surface area contributed by atoms with E-state index in [0.29, 0.717) is 22.9 Å². The standard InChI is InChI=1S/C17H14N4O3S/c1-10-13(8-9-22-10)16-20-21-17(24-16)25-11(2)14-18-19-15(23-14)12-6-4-3-5-7-12/h3-9,11H,1-2H3/t11-/m1/s1. The smallest absolute Gasteiger partial charge is 0.277 e. The van der Waals surface area contributed by atoms with Gasteiger partial charge in [0.05, 0.1) is 17.1 Å². The fourth-order valence-electron chi connectivity index (χ4n) is 2.27. The molecular weight excluding hydrogens is 340 g/mol. The van der Waals surface area contributed by atoms with Crippen LogP contribution < -0.4 is 0 Å². The highest BCUT2D eigenvalue weighted by molar-refractivity contribution is 7.99. The predicted molar refractivity (Wildman–Crippen MR) is 90.7 cm³/mol. The molecule has 3 heterocycles. The maximum Gasteiger partial charge on any atom is 0.277 e. The molecule has 126 valence electrons. The van der Waals surface area contributed by atoms with E-state index >= 15 is 0 Å². The van der Waals surface area contributed by atoms with E-state index in [2.05, 4.69) is 20.4 Å². The fraction of sp³-hybridized carbons (Fsp3) is 0.176. The Kier molecular flexibility index (Phi) is 4.10. The first-order chi connectivity index (χ1) is 12.2.